The number of hydrogen-bond acceptors (Lipinski definition) is 2. The van der Waals surface area contributed by atoms with Gasteiger partial charge < -0.3 is 10.3 Å². The average Bonchev–Trinajstić information content (AvgIpc) is 2.45. The molecule has 4 nitrogen and oxygen atoms in total. The number of H-pyrrole nitrogens is 1. The van der Waals surface area contributed by atoms with E-state index in [9.17, 15) is 9.59 Å². The van der Waals surface area contributed by atoms with Gasteiger partial charge in [-0.2, -0.15) is 0 Å². The molecule has 0 spiro atoms. The zero-order valence-corrected chi connectivity index (χ0v) is 14.4. The molecule has 1 amide bonds. The van der Waals surface area contributed by atoms with Crippen LogP contribution in [-0.4, -0.2) is 10.9 Å². The van der Waals surface area contributed by atoms with Crippen LogP contribution < -0.4 is 10.9 Å². The van der Waals surface area contributed by atoms with E-state index in [0.29, 0.717) is 11.1 Å². The summed E-state index contributed by atoms with van der Waals surface area (Å²) in [5, 5.41) is 2.82. The van der Waals surface area contributed by atoms with Gasteiger partial charge in [0, 0.05) is 23.4 Å². The lowest BCUT2D eigenvalue weighted by molar-refractivity contribution is 0.0950. The molecule has 2 rings (SSSR count). The highest BCUT2D eigenvalue weighted by Crippen LogP contribution is 2.22. The molecule has 0 fully saturated rings. The Kier molecular flexibility index (Phi) is 4.73. The summed E-state index contributed by atoms with van der Waals surface area (Å²) in [5.41, 5.74) is 3.98. The third kappa shape index (κ3) is 4.09. The van der Waals surface area contributed by atoms with Crippen molar-refractivity contribution in [2.24, 2.45) is 0 Å². The van der Waals surface area contributed by atoms with Gasteiger partial charge in [-0.15, -0.1) is 0 Å². The molecule has 0 unspecified atom stereocenters. The van der Waals surface area contributed by atoms with Crippen molar-refractivity contribution in [2.75, 3.05) is 0 Å². The number of nitrogens with one attached hydrogen (secondary N) is 2. The van der Waals surface area contributed by atoms with Gasteiger partial charge in [0.15, 0.2) is 0 Å². The highest BCUT2D eigenvalue weighted by molar-refractivity contribution is 5.94. The second-order valence-electron chi connectivity index (χ2n) is 6.95. The van der Waals surface area contributed by atoms with Crippen molar-refractivity contribution in [3.05, 3.63) is 68.6 Å². The largest absolute Gasteiger partial charge is 0.348 e. The molecule has 2 aromatic rings. The predicted molar refractivity (Wildman–Crippen MR) is 92.8 cm³/mol. The van der Waals surface area contributed by atoms with Gasteiger partial charge >= 0.3 is 0 Å². The summed E-state index contributed by atoms with van der Waals surface area (Å²) in [4.78, 5) is 27.0. The first kappa shape index (κ1) is 17.0. The topological polar surface area (TPSA) is 62.0 Å². The number of pyridine rings is 1. The Hall–Kier alpha value is -2.36. The van der Waals surface area contributed by atoms with Crippen molar-refractivity contribution in [3.8, 4) is 0 Å². The molecule has 0 radical (unpaired) electrons. The van der Waals surface area contributed by atoms with E-state index in [4.69, 9.17) is 0 Å². The number of amides is 1. The highest BCUT2D eigenvalue weighted by atomic mass is 16.1. The summed E-state index contributed by atoms with van der Waals surface area (Å²) >= 11 is 0. The van der Waals surface area contributed by atoms with Crippen LogP contribution >= 0.6 is 0 Å². The molecule has 0 saturated heterocycles. The lowest BCUT2D eigenvalue weighted by Crippen LogP contribution is -2.28. The molecule has 2 N–H and O–H groups in total. The molecule has 0 aliphatic carbocycles. The van der Waals surface area contributed by atoms with E-state index in [-0.39, 0.29) is 23.4 Å². The van der Waals surface area contributed by atoms with Crippen LogP contribution in [0.2, 0.25) is 0 Å². The van der Waals surface area contributed by atoms with Crippen LogP contribution in [0.4, 0.5) is 0 Å². The number of carbonyl (C=O) groups is 1. The average molecular weight is 312 g/mol. The quantitative estimate of drug-likeness (QED) is 0.914. The molecule has 1 aromatic carbocycles. The fourth-order valence-corrected chi connectivity index (χ4v) is 2.49. The molecule has 0 saturated carbocycles. The van der Waals surface area contributed by atoms with Crippen molar-refractivity contribution in [3.63, 3.8) is 0 Å². The maximum Gasteiger partial charge on any atom is 0.253 e. The summed E-state index contributed by atoms with van der Waals surface area (Å²) in [5.74, 6) is -0.176. The zero-order valence-electron chi connectivity index (χ0n) is 14.4. The molecule has 0 bridgehead atoms. The van der Waals surface area contributed by atoms with Gasteiger partial charge in [0.1, 0.15) is 0 Å². The Labute approximate surface area is 137 Å². The Morgan fingerprint density at radius 3 is 2.26 bits per heavy atom. The second kappa shape index (κ2) is 6.41. The van der Waals surface area contributed by atoms with Crippen molar-refractivity contribution in [1.29, 1.82) is 0 Å². The first-order valence-electron chi connectivity index (χ1n) is 7.76. The lowest BCUT2D eigenvalue weighted by Gasteiger charge is -2.19. The van der Waals surface area contributed by atoms with E-state index < -0.39 is 0 Å². The van der Waals surface area contributed by atoms with E-state index in [1.165, 1.54) is 5.56 Å². The lowest BCUT2D eigenvalue weighted by atomic mass is 9.87. The number of benzene rings is 1. The van der Waals surface area contributed by atoms with Gasteiger partial charge in [-0.1, -0.05) is 32.9 Å². The van der Waals surface area contributed by atoms with Crippen LogP contribution in [-0.2, 0) is 12.0 Å². The minimum atomic E-state index is -0.176. The fourth-order valence-electron chi connectivity index (χ4n) is 2.49. The Morgan fingerprint density at radius 1 is 1.13 bits per heavy atom. The van der Waals surface area contributed by atoms with Gasteiger partial charge in [0.25, 0.3) is 11.5 Å². The Balaban J connectivity index is 2.10. The van der Waals surface area contributed by atoms with Crippen molar-refractivity contribution in [1.82, 2.24) is 10.3 Å². The van der Waals surface area contributed by atoms with Gasteiger partial charge in [-0.25, -0.2) is 0 Å². The summed E-state index contributed by atoms with van der Waals surface area (Å²) in [6.07, 6.45) is 0. The number of carbonyl (C=O) groups excluding carboxylic acids is 1. The van der Waals surface area contributed by atoms with Gasteiger partial charge in [-0.05, 0) is 48.6 Å². The molecular formula is C19H24N2O2. The summed E-state index contributed by atoms with van der Waals surface area (Å²) in [6.45, 7) is 10.3. The minimum Gasteiger partial charge on any atom is -0.348 e. The number of hydrogen-bond donors (Lipinski definition) is 2. The van der Waals surface area contributed by atoms with Crippen molar-refractivity contribution < 1.29 is 4.79 Å². The molecule has 0 aliphatic rings. The Morgan fingerprint density at radius 2 is 1.74 bits per heavy atom. The molecule has 4 heteroatoms. The van der Waals surface area contributed by atoms with Crippen LogP contribution in [0.5, 0.6) is 0 Å². The number of aromatic nitrogens is 1. The van der Waals surface area contributed by atoms with E-state index >= 15 is 0 Å². The monoisotopic (exact) mass is 312 g/mol. The number of rotatable bonds is 3. The molecule has 23 heavy (non-hydrogen) atoms. The van der Waals surface area contributed by atoms with Crippen LogP contribution in [0.3, 0.4) is 0 Å². The third-order valence-electron chi connectivity index (χ3n) is 3.93. The molecule has 122 valence electrons. The normalized spacial score (nSPS) is 11.3. The maximum atomic E-state index is 12.2. The van der Waals surface area contributed by atoms with Crippen LogP contribution in [0.25, 0.3) is 0 Å². The van der Waals surface area contributed by atoms with Crippen molar-refractivity contribution >= 4 is 5.91 Å². The van der Waals surface area contributed by atoms with E-state index in [1.807, 2.05) is 44.2 Å². The number of aryl methyl sites for hydroxylation is 2. The second-order valence-corrected chi connectivity index (χ2v) is 6.95. The van der Waals surface area contributed by atoms with Gasteiger partial charge in [-0.3, -0.25) is 9.59 Å². The molecule has 1 heterocycles. The molecule has 0 atom stereocenters. The highest BCUT2D eigenvalue weighted by Gasteiger charge is 2.14. The first-order valence-corrected chi connectivity index (χ1v) is 7.76. The zero-order chi connectivity index (χ0) is 17.2. The standard InChI is InChI=1S/C19H24N2O2/c1-12-10-13(2)21-18(23)16(12)11-20-17(22)14-6-8-15(9-7-14)19(3,4)5/h6-10H,11H2,1-5H3,(H,20,22)(H,21,23). The van der Waals surface area contributed by atoms with Crippen LogP contribution in [0, 0.1) is 13.8 Å². The third-order valence-corrected chi connectivity index (χ3v) is 3.93. The maximum absolute atomic E-state index is 12.2. The smallest absolute Gasteiger partial charge is 0.253 e. The predicted octanol–water partition coefficient (Wildman–Crippen LogP) is 3.22. The van der Waals surface area contributed by atoms with Crippen molar-refractivity contribution in [2.45, 2.75) is 46.6 Å². The van der Waals surface area contributed by atoms with E-state index in [0.717, 1.165) is 11.3 Å². The Bertz CT molecular complexity index is 765. The number of aromatic amines is 1. The van der Waals surface area contributed by atoms with Gasteiger partial charge in [0.05, 0.1) is 0 Å². The van der Waals surface area contributed by atoms with Gasteiger partial charge in [0.2, 0.25) is 0 Å². The summed E-state index contributed by atoms with van der Waals surface area (Å²) < 4.78 is 0. The molecular weight excluding hydrogens is 288 g/mol. The first-order chi connectivity index (χ1) is 10.7. The van der Waals surface area contributed by atoms with Crippen LogP contribution in [0.15, 0.2) is 35.1 Å². The fraction of sp³-hybridized carbons (Fsp3) is 0.368. The SMILES string of the molecule is Cc1cc(C)c(CNC(=O)c2ccc(C(C)(C)C)cc2)c(=O)[nH]1. The van der Waals surface area contributed by atoms with Crippen LogP contribution in [0.1, 0.15) is 53.5 Å². The van der Waals surface area contributed by atoms with E-state index in [1.54, 1.807) is 0 Å². The summed E-state index contributed by atoms with van der Waals surface area (Å²) in [6, 6.07) is 9.49. The minimum absolute atomic E-state index is 0.0569. The molecule has 1 aromatic heterocycles. The summed E-state index contributed by atoms with van der Waals surface area (Å²) in [7, 11) is 0. The molecule has 0 aliphatic heterocycles. The van der Waals surface area contributed by atoms with E-state index in [2.05, 4.69) is 31.1 Å².